The van der Waals surface area contributed by atoms with E-state index in [1.807, 2.05) is 20.8 Å². The Morgan fingerprint density at radius 2 is 1.76 bits per heavy atom. The van der Waals surface area contributed by atoms with Crippen LogP contribution >= 0.6 is 0 Å². The van der Waals surface area contributed by atoms with E-state index in [4.69, 9.17) is 9.84 Å². The number of aliphatic carboxylic acids is 1. The van der Waals surface area contributed by atoms with Gasteiger partial charge in [0.15, 0.2) is 0 Å². The van der Waals surface area contributed by atoms with Crippen LogP contribution in [0, 0.1) is 5.41 Å². The molecule has 1 aromatic rings. The summed E-state index contributed by atoms with van der Waals surface area (Å²) in [6.45, 7) is 5.73. The molecule has 0 saturated carbocycles. The third kappa shape index (κ3) is 4.75. The first-order valence-electron chi connectivity index (χ1n) is 6.74. The Bertz CT molecular complexity index is 497. The van der Waals surface area contributed by atoms with Crippen LogP contribution < -0.4 is 10.6 Å². The highest BCUT2D eigenvalue weighted by Crippen LogP contribution is 2.23. The van der Waals surface area contributed by atoms with E-state index in [1.165, 1.54) is 7.11 Å². The number of rotatable bonds is 7. The summed E-state index contributed by atoms with van der Waals surface area (Å²) in [5, 5.41) is 14.4. The molecule has 0 fully saturated rings. The molecule has 1 amide bonds. The van der Waals surface area contributed by atoms with Gasteiger partial charge in [0, 0.05) is 23.9 Å². The van der Waals surface area contributed by atoms with Gasteiger partial charge in [0.1, 0.15) is 0 Å². The zero-order valence-electron chi connectivity index (χ0n) is 12.8. The molecule has 0 aromatic heterocycles. The van der Waals surface area contributed by atoms with Crippen LogP contribution in [-0.2, 0) is 14.3 Å². The largest absolute Gasteiger partial charge is 0.478 e. The fraction of sp³-hybridized carbons (Fsp3) is 0.467. The fourth-order valence-corrected chi connectivity index (χ4v) is 1.48. The molecule has 1 unspecified atom stereocenters. The van der Waals surface area contributed by atoms with Crippen molar-refractivity contribution in [3.05, 3.63) is 24.3 Å². The van der Waals surface area contributed by atoms with Crippen LogP contribution in [0.3, 0.4) is 0 Å². The van der Waals surface area contributed by atoms with Crippen molar-refractivity contribution in [1.29, 1.82) is 0 Å². The van der Waals surface area contributed by atoms with Crippen LogP contribution in [0.25, 0.3) is 0 Å². The number of amides is 1. The number of carboxylic acids is 1. The molecule has 116 valence electrons. The van der Waals surface area contributed by atoms with Crippen LogP contribution in [-0.4, -0.2) is 30.3 Å². The Hall–Kier alpha value is -2.08. The van der Waals surface area contributed by atoms with Gasteiger partial charge in [0.05, 0.1) is 0 Å². The van der Waals surface area contributed by atoms with E-state index in [1.54, 1.807) is 24.3 Å². The van der Waals surface area contributed by atoms with Crippen LogP contribution in [0.4, 0.5) is 11.4 Å². The molecule has 0 saturated heterocycles. The van der Waals surface area contributed by atoms with Gasteiger partial charge in [-0.25, -0.2) is 4.79 Å². The molecular weight excluding hydrogens is 272 g/mol. The first-order chi connectivity index (χ1) is 9.80. The molecule has 0 radical (unpaired) electrons. The molecule has 3 N–H and O–H groups in total. The van der Waals surface area contributed by atoms with Gasteiger partial charge in [-0.1, -0.05) is 20.8 Å². The number of anilines is 2. The fourth-order valence-electron chi connectivity index (χ4n) is 1.48. The summed E-state index contributed by atoms with van der Waals surface area (Å²) >= 11 is 0. The number of benzene rings is 1. The van der Waals surface area contributed by atoms with Crippen LogP contribution in [0.1, 0.15) is 27.2 Å². The Balaban J connectivity index is 2.70. The third-order valence-corrected chi connectivity index (χ3v) is 3.40. The van der Waals surface area contributed by atoms with E-state index in [-0.39, 0.29) is 5.91 Å². The quantitative estimate of drug-likeness (QED) is 0.673. The lowest BCUT2D eigenvalue weighted by Crippen LogP contribution is -2.31. The maximum atomic E-state index is 12.0. The lowest BCUT2D eigenvalue weighted by Gasteiger charge is -2.21. The van der Waals surface area contributed by atoms with Crippen molar-refractivity contribution >= 4 is 23.3 Å². The van der Waals surface area contributed by atoms with Crippen molar-refractivity contribution in [2.24, 2.45) is 5.41 Å². The standard InChI is InChI=1S/C15H22N2O4/c1-5-15(2,3)14(20)17-11-8-6-10(7-9-11)16-12(21-4)13(18)19/h6-9,12,16H,5H2,1-4H3,(H,17,20)(H,18,19). The predicted octanol–water partition coefficient (Wildman–Crippen LogP) is 2.53. The Morgan fingerprint density at radius 1 is 1.24 bits per heavy atom. The molecule has 0 aliphatic heterocycles. The Labute approximate surface area is 124 Å². The molecule has 0 aliphatic carbocycles. The first-order valence-corrected chi connectivity index (χ1v) is 6.74. The van der Waals surface area contributed by atoms with Gasteiger partial charge in [-0.3, -0.25) is 4.79 Å². The number of methoxy groups -OCH3 is 1. The van der Waals surface area contributed by atoms with Crippen molar-refractivity contribution in [1.82, 2.24) is 0 Å². The van der Waals surface area contributed by atoms with Crippen molar-refractivity contribution in [3.8, 4) is 0 Å². The molecule has 1 rings (SSSR count). The molecule has 21 heavy (non-hydrogen) atoms. The zero-order chi connectivity index (χ0) is 16.0. The summed E-state index contributed by atoms with van der Waals surface area (Å²) in [5.74, 6) is -1.15. The van der Waals surface area contributed by atoms with Gasteiger partial charge < -0.3 is 20.5 Å². The summed E-state index contributed by atoms with van der Waals surface area (Å²) in [7, 11) is 1.31. The minimum atomic E-state index is -1.11. The van der Waals surface area contributed by atoms with Crippen LogP contribution in [0.5, 0.6) is 0 Å². The molecule has 1 atom stereocenters. The summed E-state index contributed by atoms with van der Waals surface area (Å²) in [6, 6.07) is 6.79. The molecule has 0 heterocycles. The number of carboxylic acid groups (broad SMARTS) is 1. The highest BCUT2D eigenvalue weighted by Gasteiger charge is 2.25. The van der Waals surface area contributed by atoms with Crippen molar-refractivity contribution in [2.75, 3.05) is 17.7 Å². The number of carbonyl (C=O) groups is 2. The third-order valence-electron chi connectivity index (χ3n) is 3.40. The van der Waals surface area contributed by atoms with Crippen LogP contribution in [0.15, 0.2) is 24.3 Å². The second kappa shape index (κ2) is 7.08. The number of nitrogens with one attached hydrogen (secondary N) is 2. The second-order valence-corrected chi connectivity index (χ2v) is 5.37. The average molecular weight is 294 g/mol. The molecule has 1 aromatic carbocycles. The molecule has 0 aliphatic rings. The molecule has 0 spiro atoms. The minimum Gasteiger partial charge on any atom is -0.478 e. The van der Waals surface area contributed by atoms with E-state index in [0.29, 0.717) is 11.4 Å². The first kappa shape index (κ1) is 17.0. The number of hydrogen-bond acceptors (Lipinski definition) is 4. The zero-order valence-corrected chi connectivity index (χ0v) is 12.8. The summed E-state index contributed by atoms with van der Waals surface area (Å²) in [4.78, 5) is 22.9. The maximum absolute atomic E-state index is 12.0. The van der Waals surface area contributed by atoms with Gasteiger partial charge in [-0.15, -0.1) is 0 Å². The van der Waals surface area contributed by atoms with Gasteiger partial charge in [0.25, 0.3) is 0 Å². The van der Waals surface area contributed by atoms with Crippen molar-refractivity contribution in [3.63, 3.8) is 0 Å². The van der Waals surface area contributed by atoms with E-state index in [0.717, 1.165) is 6.42 Å². The highest BCUT2D eigenvalue weighted by molar-refractivity contribution is 5.94. The average Bonchev–Trinajstić information content (AvgIpc) is 2.45. The Morgan fingerprint density at radius 3 is 2.19 bits per heavy atom. The monoisotopic (exact) mass is 294 g/mol. The molecule has 6 heteroatoms. The van der Waals surface area contributed by atoms with Crippen molar-refractivity contribution < 1.29 is 19.4 Å². The molecule has 0 bridgehead atoms. The topological polar surface area (TPSA) is 87.7 Å². The maximum Gasteiger partial charge on any atom is 0.353 e. The van der Waals surface area contributed by atoms with Crippen molar-refractivity contribution in [2.45, 2.75) is 33.4 Å². The normalized spacial score (nSPS) is 12.6. The van der Waals surface area contributed by atoms with Gasteiger partial charge in [-0.2, -0.15) is 0 Å². The van der Waals surface area contributed by atoms with Gasteiger partial charge >= 0.3 is 5.97 Å². The summed E-state index contributed by atoms with van der Waals surface area (Å²) in [5.41, 5.74) is 0.829. The summed E-state index contributed by atoms with van der Waals surface area (Å²) in [6.07, 6.45) is -0.364. The Kier molecular flexibility index (Phi) is 5.72. The number of hydrogen-bond donors (Lipinski definition) is 3. The molecular formula is C15H22N2O4. The molecule has 6 nitrogen and oxygen atoms in total. The van der Waals surface area contributed by atoms with E-state index < -0.39 is 17.6 Å². The van der Waals surface area contributed by atoms with E-state index in [9.17, 15) is 9.59 Å². The summed E-state index contributed by atoms with van der Waals surface area (Å²) < 4.78 is 4.79. The van der Waals surface area contributed by atoms with E-state index in [2.05, 4.69) is 10.6 Å². The number of ether oxygens (including phenoxy) is 1. The minimum absolute atomic E-state index is 0.0500. The predicted molar refractivity (Wildman–Crippen MR) is 81.2 cm³/mol. The second-order valence-electron chi connectivity index (χ2n) is 5.37. The lowest BCUT2D eigenvalue weighted by molar-refractivity contribution is -0.146. The van der Waals surface area contributed by atoms with E-state index >= 15 is 0 Å². The highest BCUT2D eigenvalue weighted by atomic mass is 16.5. The smallest absolute Gasteiger partial charge is 0.353 e. The number of carbonyl (C=O) groups excluding carboxylic acids is 1. The lowest BCUT2D eigenvalue weighted by atomic mass is 9.89. The van der Waals surface area contributed by atoms with Gasteiger partial charge in [0.2, 0.25) is 12.1 Å². The van der Waals surface area contributed by atoms with Gasteiger partial charge in [-0.05, 0) is 30.7 Å². The SMILES string of the molecule is CCC(C)(C)C(=O)Nc1ccc(NC(OC)C(=O)O)cc1. The van der Waals surface area contributed by atoms with Crippen LogP contribution in [0.2, 0.25) is 0 Å².